The van der Waals surface area contributed by atoms with Gasteiger partial charge >= 0.3 is 0 Å². The van der Waals surface area contributed by atoms with Crippen molar-refractivity contribution in [2.24, 2.45) is 0 Å². The molecule has 0 saturated carbocycles. The Labute approximate surface area is 102 Å². The van der Waals surface area contributed by atoms with E-state index in [-0.39, 0.29) is 12.2 Å². The molecule has 17 heavy (non-hydrogen) atoms. The van der Waals surface area contributed by atoms with Crippen molar-refractivity contribution >= 4 is 0 Å². The summed E-state index contributed by atoms with van der Waals surface area (Å²) in [5, 5.41) is 0. The SMILES string of the molecule is c1ccc(C2CCC(c3ccccc3)O2)cc1. The normalized spacial score (nSPS) is 23.8. The van der Waals surface area contributed by atoms with Gasteiger partial charge in [0.25, 0.3) is 0 Å². The molecule has 1 nitrogen and oxygen atoms in total. The summed E-state index contributed by atoms with van der Waals surface area (Å²) in [6.07, 6.45) is 2.76. The lowest BCUT2D eigenvalue weighted by Crippen LogP contribution is -1.99. The van der Waals surface area contributed by atoms with E-state index in [0.29, 0.717) is 0 Å². The molecule has 1 saturated heterocycles. The maximum absolute atomic E-state index is 6.13. The van der Waals surface area contributed by atoms with Crippen LogP contribution in [0, 0.1) is 0 Å². The van der Waals surface area contributed by atoms with E-state index in [1.165, 1.54) is 11.1 Å². The molecule has 86 valence electrons. The lowest BCUT2D eigenvalue weighted by molar-refractivity contribution is 0.0441. The number of ether oxygens (including phenoxy) is 1. The van der Waals surface area contributed by atoms with E-state index in [2.05, 4.69) is 48.5 Å². The number of rotatable bonds is 2. The summed E-state index contributed by atoms with van der Waals surface area (Å²) in [6, 6.07) is 21.0. The fourth-order valence-electron chi connectivity index (χ4n) is 2.46. The molecule has 1 fully saturated rings. The van der Waals surface area contributed by atoms with Crippen LogP contribution >= 0.6 is 0 Å². The minimum Gasteiger partial charge on any atom is -0.366 e. The van der Waals surface area contributed by atoms with E-state index in [1.807, 2.05) is 12.1 Å². The van der Waals surface area contributed by atoms with E-state index in [9.17, 15) is 0 Å². The van der Waals surface area contributed by atoms with Crippen LogP contribution < -0.4 is 0 Å². The second-order valence-electron chi connectivity index (χ2n) is 4.51. The second kappa shape index (κ2) is 4.72. The standard InChI is InChI=1S/C16H16O/c1-3-7-13(8-4-1)15-11-12-16(17-15)14-9-5-2-6-10-14/h1-10,15-16H,11-12H2. The molecule has 0 bridgehead atoms. The Kier molecular flexibility index (Phi) is 2.93. The monoisotopic (exact) mass is 224 g/mol. The van der Waals surface area contributed by atoms with Crippen molar-refractivity contribution in [2.75, 3.05) is 0 Å². The van der Waals surface area contributed by atoms with Crippen LogP contribution in [0.25, 0.3) is 0 Å². The Balaban J connectivity index is 1.75. The maximum atomic E-state index is 6.13. The molecular weight excluding hydrogens is 208 g/mol. The largest absolute Gasteiger partial charge is 0.366 e. The molecule has 1 aliphatic rings. The number of hydrogen-bond acceptors (Lipinski definition) is 1. The molecule has 0 aliphatic carbocycles. The zero-order valence-electron chi connectivity index (χ0n) is 9.75. The Morgan fingerprint density at radius 3 is 1.47 bits per heavy atom. The van der Waals surface area contributed by atoms with Gasteiger partial charge in [0.15, 0.2) is 0 Å². The smallest absolute Gasteiger partial charge is 0.0834 e. The zero-order valence-corrected chi connectivity index (χ0v) is 9.75. The molecule has 2 unspecified atom stereocenters. The van der Waals surface area contributed by atoms with Crippen LogP contribution in [0.2, 0.25) is 0 Å². The van der Waals surface area contributed by atoms with Gasteiger partial charge in [-0.3, -0.25) is 0 Å². The molecule has 1 heteroatoms. The molecule has 1 heterocycles. The summed E-state index contributed by atoms with van der Waals surface area (Å²) in [6.45, 7) is 0. The van der Waals surface area contributed by atoms with E-state index < -0.39 is 0 Å². The quantitative estimate of drug-likeness (QED) is 0.739. The number of hydrogen-bond donors (Lipinski definition) is 0. The van der Waals surface area contributed by atoms with Crippen LogP contribution in [0.1, 0.15) is 36.2 Å². The van der Waals surface area contributed by atoms with Gasteiger partial charge in [0.1, 0.15) is 0 Å². The summed E-state index contributed by atoms with van der Waals surface area (Å²) in [5.41, 5.74) is 2.59. The highest BCUT2D eigenvalue weighted by molar-refractivity contribution is 5.22. The summed E-state index contributed by atoms with van der Waals surface area (Å²) < 4.78 is 6.13. The summed E-state index contributed by atoms with van der Waals surface area (Å²) >= 11 is 0. The summed E-state index contributed by atoms with van der Waals surface area (Å²) in [5.74, 6) is 0. The van der Waals surface area contributed by atoms with E-state index in [0.717, 1.165) is 12.8 Å². The van der Waals surface area contributed by atoms with Gasteiger partial charge < -0.3 is 4.74 Å². The van der Waals surface area contributed by atoms with Gasteiger partial charge in [0, 0.05) is 0 Å². The first-order valence-corrected chi connectivity index (χ1v) is 6.19. The third-order valence-corrected chi connectivity index (χ3v) is 3.36. The van der Waals surface area contributed by atoms with Gasteiger partial charge in [-0.05, 0) is 24.0 Å². The molecule has 0 amide bonds. The molecule has 3 rings (SSSR count). The molecule has 2 atom stereocenters. The Bertz CT molecular complexity index is 418. The molecule has 2 aromatic rings. The van der Waals surface area contributed by atoms with Gasteiger partial charge in [0.05, 0.1) is 12.2 Å². The summed E-state index contributed by atoms with van der Waals surface area (Å²) in [4.78, 5) is 0. The van der Waals surface area contributed by atoms with Crippen molar-refractivity contribution in [1.82, 2.24) is 0 Å². The van der Waals surface area contributed by atoms with E-state index in [4.69, 9.17) is 4.74 Å². The van der Waals surface area contributed by atoms with Gasteiger partial charge in [-0.1, -0.05) is 60.7 Å². The molecular formula is C16H16O. The average molecular weight is 224 g/mol. The van der Waals surface area contributed by atoms with Crippen LogP contribution in [0.5, 0.6) is 0 Å². The first-order valence-electron chi connectivity index (χ1n) is 6.19. The van der Waals surface area contributed by atoms with Crippen LogP contribution in [0.15, 0.2) is 60.7 Å². The molecule has 0 spiro atoms. The minimum atomic E-state index is 0.265. The third kappa shape index (κ3) is 2.25. The molecule has 0 radical (unpaired) electrons. The Hall–Kier alpha value is -1.60. The maximum Gasteiger partial charge on any atom is 0.0834 e. The van der Waals surface area contributed by atoms with Gasteiger partial charge in [-0.15, -0.1) is 0 Å². The van der Waals surface area contributed by atoms with Crippen molar-refractivity contribution in [2.45, 2.75) is 25.0 Å². The number of benzene rings is 2. The molecule has 0 aromatic heterocycles. The van der Waals surface area contributed by atoms with Crippen LogP contribution in [0.4, 0.5) is 0 Å². The van der Waals surface area contributed by atoms with Crippen LogP contribution in [-0.2, 0) is 4.74 Å². The lowest BCUT2D eigenvalue weighted by Gasteiger charge is -2.14. The van der Waals surface area contributed by atoms with E-state index >= 15 is 0 Å². The van der Waals surface area contributed by atoms with Gasteiger partial charge in [0.2, 0.25) is 0 Å². The predicted molar refractivity (Wildman–Crippen MR) is 68.7 cm³/mol. The topological polar surface area (TPSA) is 9.23 Å². The van der Waals surface area contributed by atoms with Crippen molar-refractivity contribution in [1.29, 1.82) is 0 Å². The fraction of sp³-hybridized carbons (Fsp3) is 0.250. The van der Waals surface area contributed by atoms with Gasteiger partial charge in [-0.2, -0.15) is 0 Å². The fourth-order valence-corrected chi connectivity index (χ4v) is 2.46. The lowest BCUT2D eigenvalue weighted by atomic mass is 10.0. The highest BCUT2D eigenvalue weighted by atomic mass is 16.5. The highest BCUT2D eigenvalue weighted by Gasteiger charge is 2.27. The zero-order chi connectivity index (χ0) is 11.5. The van der Waals surface area contributed by atoms with Crippen molar-refractivity contribution in [3.05, 3.63) is 71.8 Å². The first kappa shape index (κ1) is 10.5. The second-order valence-corrected chi connectivity index (χ2v) is 4.51. The van der Waals surface area contributed by atoms with Crippen LogP contribution in [0.3, 0.4) is 0 Å². The van der Waals surface area contributed by atoms with Crippen LogP contribution in [-0.4, -0.2) is 0 Å². The van der Waals surface area contributed by atoms with E-state index in [1.54, 1.807) is 0 Å². The third-order valence-electron chi connectivity index (χ3n) is 3.36. The summed E-state index contributed by atoms with van der Waals surface area (Å²) in [7, 11) is 0. The average Bonchev–Trinajstić information content (AvgIpc) is 2.90. The molecule has 0 N–H and O–H groups in total. The Morgan fingerprint density at radius 1 is 0.647 bits per heavy atom. The minimum absolute atomic E-state index is 0.265. The molecule has 1 aliphatic heterocycles. The van der Waals surface area contributed by atoms with Gasteiger partial charge in [-0.25, -0.2) is 0 Å². The van der Waals surface area contributed by atoms with Crippen molar-refractivity contribution in [3.8, 4) is 0 Å². The van der Waals surface area contributed by atoms with Crippen molar-refractivity contribution < 1.29 is 4.74 Å². The van der Waals surface area contributed by atoms with Crippen molar-refractivity contribution in [3.63, 3.8) is 0 Å². The highest BCUT2D eigenvalue weighted by Crippen LogP contribution is 2.40. The first-order chi connectivity index (χ1) is 8.43. The Morgan fingerprint density at radius 2 is 1.06 bits per heavy atom. The predicted octanol–water partition coefficient (Wildman–Crippen LogP) is 4.28. The molecule has 2 aromatic carbocycles.